The SMILES string of the molecule is O=C(O)C1CCC(Nc2ccc3nnc(C(F)F)n3n2)CC1. The summed E-state index contributed by atoms with van der Waals surface area (Å²) in [6.07, 6.45) is -0.126. The molecule has 3 rings (SSSR count). The monoisotopic (exact) mass is 311 g/mol. The normalized spacial score (nSPS) is 22.1. The van der Waals surface area contributed by atoms with Crippen molar-refractivity contribution in [1.82, 2.24) is 19.8 Å². The molecule has 0 amide bonds. The molecule has 7 nitrogen and oxygen atoms in total. The van der Waals surface area contributed by atoms with Gasteiger partial charge in [-0.15, -0.1) is 15.3 Å². The third kappa shape index (κ3) is 2.83. The van der Waals surface area contributed by atoms with E-state index >= 15 is 0 Å². The van der Waals surface area contributed by atoms with E-state index in [0.717, 1.165) is 4.52 Å². The molecule has 0 saturated heterocycles. The zero-order valence-electron chi connectivity index (χ0n) is 11.6. The summed E-state index contributed by atoms with van der Waals surface area (Å²) in [6.45, 7) is 0. The largest absolute Gasteiger partial charge is 0.481 e. The van der Waals surface area contributed by atoms with Crippen LogP contribution in [0.2, 0.25) is 0 Å². The molecule has 0 aliphatic heterocycles. The predicted molar refractivity (Wildman–Crippen MR) is 72.7 cm³/mol. The van der Waals surface area contributed by atoms with Crippen molar-refractivity contribution in [2.75, 3.05) is 5.32 Å². The van der Waals surface area contributed by atoms with Crippen LogP contribution in [0.15, 0.2) is 12.1 Å². The number of aromatic nitrogens is 4. The summed E-state index contributed by atoms with van der Waals surface area (Å²) in [6, 6.07) is 3.31. The zero-order chi connectivity index (χ0) is 15.7. The minimum Gasteiger partial charge on any atom is -0.481 e. The Morgan fingerprint density at radius 2 is 2.00 bits per heavy atom. The smallest absolute Gasteiger partial charge is 0.306 e. The molecule has 118 valence electrons. The molecule has 0 aromatic carbocycles. The molecule has 1 aliphatic rings. The highest BCUT2D eigenvalue weighted by Crippen LogP contribution is 2.26. The zero-order valence-corrected chi connectivity index (χ0v) is 11.6. The third-order valence-electron chi connectivity index (χ3n) is 3.91. The van der Waals surface area contributed by atoms with Crippen LogP contribution in [0.25, 0.3) is 5.65 Å². The van der Waals surface area contributed by atoms with Crippen LogP contribution in [0.3, 0.4) is 0 Å². The standard InChI is InChI=1S/C13H15F2N5O2/c14-11(15)12-18-17-10-6-5-9(19-20(10)12)16-8-3-1-7(2-4-8)13(21)22/h5-8,11H,1-4H2,(H,16,19)(H,21,22). The summed E-state index contributed by atoms with van der Waals surface area (Å²) >= 11 is 0. The van der Waals surface area contributed by atoms with Crippen molar-refractivity contribution in [2.45, 2.75) is 38.2 Å². The molecular formula is C13H15F2N5O2. The maximum atomic E-state index is 12.8. The number of hydrogen-bond acceptors (Lipinski definition) is 5. The van der Waals surface area contributed by atoms with Crippen LogP contribution in [-0.4, -0.2) is 36.9 Å². The Bertz CT molecular complexity index is 682. The number of rotatable bonds is 4. The van der Waals surface area contributed by atoms with E-state index in [2.05, 4.69) is 20.6 Å². The molecule has 9 heteroatoms. The van der Waals surface area contributed by atoms with Crippen LogP contribution in [0, 0.1) is 5.92 Å². The lowest BCUT2D eigenvalue weighted by atomic mass is 9.86. The molecular weight excluding hydrogens is 296 g/mol. The van der Waals surface area contributed by atoms with Gasteiger partial charge in [0, 0.05) is 6.04 Å². The van der Waals surface area contributed by atoms with Gasteiger partial charge >= 0.3 is 5.97 Å². The van der Waals surface area contributed by atoms with Gasteiger partial charge in [0.25, 0.3) is 6.43 Å². The number of aliphatic carboxylic acids is 1. The van der Waals surface area contributed by atoms with E-state index in [-0.39, 0.29) is 17.6 Å². The highest BCUT2D eigenvalue weighted by molar-refractivity contribution is 5.70. The van der Waals surface area contributed by atoms with Gasteiger partial charge in [-0.2, -0.15) is 4.52 Å². The van der Waals surface area contributed by atoms with Crippen LogP contribution in [0.5, 0.6) is 0 Å². The summed E-state index contributed by atoms with van der Waals surface area (Å²) in [5.74, 6) is -1.10. The lowest BCUT2D eigenvalue weighted by Crippen LogP contribution is -2.29. The van der Waals surface area contributed by atoms with Crippen molar-refractivity contribution in [3.05, 3.63) is 18.0 Å². The second-order valence-corrected chi connectivity index (χ2v) is 5.38. The number of fused-ring (bicyclic) bond motifs is 1. The van der Waals surface area contributed by atoms with Crippen LogP contribution < -0.4 is 5.32 Å². The number of nitrogens with zero attached hydrogens (tertiary/aromatic N) is 4. The van der Waals surface area contributed by atoms with Gasteiger partial charge in [-0.05, 0) is 37.8 Å². The number of anilines is 1. The van der Waals surface area contributed by atoms with Gasteiger partial charge < -0.3 is 10.4 Å². The summed E-state index contributed by atoms with van der Waals surface area (Å²) < 4.78 is 26.6. The Morgan fingerprint density at radius 3 is 2.64 bits per heavy atom. The summed E-state index contributed by atoms with van der Waals surface area (Å²) in [5.41, 5.74) is 0.260. The molecule has 2 aromatic rings. The Balaban J connectivity index is 1.72. The number of hydrogen-bond donors (Lipinski definition) is 2. The molecule has 22 heavy (non-hydrogen) atoms. The van der Waals surface area contributed by atoms with Gasteiger partial charge in [0.05, 0.1) is 5.92 Å². The van der Waals surface area contributed by atoms with Crippen LogP contribution in [-0.2, 0) is 4.79 Å². The first-order valence-electron chi connectivity index (χ1n) is 7.04. The first-order valence-corrected chi connectivity index (χ1v) is 7.04. The Kier molecular flexibility index (Phi) is 3.86. The first-order chi connectivity index (χ1) is 10.5. The van der Waals surface area contributed by atoms with Crippen LogP contribution in [0.1, 0.15) is 37.9 Å². The van der Waals surface area contributed by atoms with E-state index in [4.69, 9.17) is 5.11 Å². The quantitative estimate of drug-likeness (QED) is 0.898. The Hall–Kier alpha value is -2.32. The third-order valence-corrected chi connectivity index (χ3v) is 3.91. The average Bonchev–Trinajstić information content (AvgIpc) is 2.91. The number of carbonyl (C=O) groups is 1. The lowest BCUT2D eigenvalue weighted by molar-refractivity contribution is -0.142. The minimum absolute atomic E-state index is 0.0898. The average molecular weight is 311 g/mol. The summed E-state index contributed by atoms with van der Waals surface area (Å²) in [7, 11) is 0. The molecule has 0 spiro atoms. The highest BCUT2D eigenvalue weighted by atomic mass is 19.3. The maximum Gasteiger partial charge on any atom is 0.306 e. The minimum atomic E-state index is -2.75. The summed E-state index contributed by atoms with van der Waals surface area (Å²) in [5, 5.41) is 23.3. The Labute approximate surface area is 124 Å². The molecule has 1 fully saturated rings. The maximum absolute atomic E-state index is 12.8. The number of carboxylic acids is 1. The molecule has 1 aliphatic carbocycles. The van der Waals surface area contributed by atoms with E-state index in [0.29, 0.717) is 31.5 Å². The molecule has 0 radical (unpaired) electrons. The fraction of sp³-hybridized carbons (Fsp3) is 0.538. The van der Waals surface area contributed by atoms with E-state index in [1.165, 1.54) is 0 Å². The lowest BCUT2D eigenvalue weighted by Gasteiger charge is -2.27. The topological polar surface area (TPSA) is 92.4 Å². The first kappa shape index (κ1) is 14.6. The van der Waals surface area contributed by atoms with Crippen molar-refractivity contribution in [1.29, 1.82) is 0 Å². The molecule has 2 N–H and O–H groups in total. The Morgan fingerprint density at radius 1 is 1.27 bits per heavy atom. The van der Waals surface area contributed by atoms with Crippen LogP contribution >= 0.6 is 0 Å². The molecule has 2 heterocycles. The number of alkyl halides is 2. The van der Waals surface area contributed by atoms with Crippen molar-refractivity contribution in [2.24, 2.45) is 5.92 Å². The van der Waals surface area contributed by atoms with Gasteiger partial charge in [0.2, 0.25) is 5.82 Å². The van der Waals surface area contributed by atoms with E-state index in [1.807, 2.05) is 0 Å². The van der Waals surface area contributed by atoms with Gasteiger partial charge in [-0.25, -0.2) is 8.78 Å². The van der Waals surface area contributed by atoms with Crippen molar-refractivity contribution in [3.8, 4) is 0 Å². The fourth-order valence-corrected chi connectivity index (χ4v) is 2.71. The molecule has 2 aromatic heterocycles. The predicted octanol–water partition coefficient (Wildman–Crippen LogP) is 2.12. The van der Waals surface area contributed by atoms with Crippen LogP contribution in [0.4, 0.5) is 14.6 Å². The van der Waals surface area contributed by atoms with Crippen molar-refractivity contribution >= 4 is 17.4 Å². The van der Waals surface area contributed by atoms with Gasteiger partial charge in [0.15, 0.2) is 5.65 Å². The fourth-order valence-electron chi connectivity index (χ4n) is 2.71. The molecule has 0 atom stereocenters. The second-order valence-electron chi connectivity index (χ2n) is 5.38. The molecule has 1 saturated carbocycles. The van der Waals surface area contributed by atoms with E-state index < -0.39 is 18.2 Å². The number of nitrogens with one attached hydrogen (secondary N) is 1. The van der Waals surface area contributed by atoms with E-state index in [1.54, 1.807) is 12.1 Å². The highest BCUT2D eigenvalue weighted by Gasteiger charge is 2.26. The van der Waals surface area contributed by atoms with Gasteiger partial charge in [-0.3, -0.25) is 4.79 Å². The van der Waals surface area contributed by atoms with Crippen molar-refractivity contribution in [3.63, 3.8) is 0 Å². The van der Waals surface area contributed by atoms with Gasteiger partial charge in [0.1, 0.15) is 5.82 Å². The van der Waals surface area contributed by atoms with Crippen molar-refractivity contribution < 1.29 is 18.7 Å². The number of halogens is 2. The second kappa shape index (κ2) is 5.82. The summed E-state index contributed by atoms with van der Waals surface area (Å²) in [4.78, 5) is 10.9. The van der Waals surface area contributed by atoms with Gasteiger partial charge in [-0.1, -0.05) is 0 Å². The number of carboxylic acid groups (broad SMARTS) is 1. The van der Waals surface area contributed by atoms with E-state index in [9.17, 15) is 13.6 Å². The molecule has 0 bridgehead atoms. The molecule has 0 unspecified atom stereocenters.